The first-order valence-electron chi connectivity index (χ1n) is 4.72. The first-order valence-corrected chi connectivity index (χ1v) is 4.72. The van der Waals surface area contributed by atoms with Crippen LogP contribution in [-0.4, -0.2) is 13.2 Å². The van der Waals surface area contributed by atoms with Crippen LogP contribution in [0.15, 0.2) is 24.3 Å². The zero-order valence-corrected chi connectivity index (χ0v) is 8.95. The second kappa shape index (κ2) is 4.82. The molecule has 0 aliphatic carbocycles. The van der Waals surface area contributed by atoms with E-state index in [9.17, 15) is 0 Å². The summed E-state index contributed by atoms with van der Waals surface area (Å²) >= 11 is 0. The number of hydrogen-bond donors (Lipinski definition) is 1. The summed E-state index contributed by atoms with van der Waals surface area (Å²) in [5.41, 5.74) is 7.88. The van der Waals surface area contributed by atoms with Gasteiger partial charge in [0.05, 0.1) is 7.11 Å². The van der Waals surface area contributed by atoms with Crippen LogP contribution in [0.2, 0.25) is 0 Å². The largest absolute Gasteiger partial charge is 0.496 e. The number of ether oxygens (including phenoxy) is 1. The third kappa shape index (κ3) is 2.89. The summed E-state index contributed by atoms with van der Waals surface area (Å²) in [4.78, 5) is 0. The van der Waals surface area contributed by atoms with Crippen molar-refractivity contribution in [3.8, 4) is 5.75 Å². The molecular formula is C12H17NO. The maximum absolute atomic E-state index is 5.62. The van der Waals surface area contributed by atoms with E-state index in [0.717, 1.165) is 16.9 Å². The third-order valence-corrected chi connectivity index (χ3v) is 2.02. The van der Waals surface area contributed by atoms with E-state index in [0.29, 0.717) is 0 Å². The van der Waals surface area contributed by atoms with Crippen LogP contribution in [0.3, 0.4) is 0 Å². The molecule has 0 aromatic heterocycles. The molecular weight excluding hydrogens is 174 g/mol. The predicted octanol–water partition coefficient (Wildman–Crippen LogP) is 2.36. The summed E-state index contributed by atoms with van der Waals surface area (Å²) in [7, 11) is 1.68. The zero-order chi connectivity index (χ0) is 10.6. The van der Waals surface area contributed by atoms with Gasteiger partial charge in [0.15, 0.2) is 0 Å². The number of nitrogens with two attached hydrogens (primary N) is 1. The fourth-order valence-corrected chi connectivity index (χ4v) is 1.20. The summed E-state index contributed by atoms with van der Waals surface area (Å²) in [5.74, 6) is 0.914. The van der Waals surface area contributed by atoms with Gasteiger partial charge in [-0.05, 0) is 31.0 Å². The molecule has 0 radical (unpaired) electrons. The van der Waals surface area contributed by atoms with E-state index in [-0.39, 0.29) is 6.04 Å². The van der Waals surface area contributed by atoms with Crippen LogP contribution in [0.25, 0.3) is 6.08 Å². The Morgan fingerprint density at radius 2 is 2.14 bits per heavy atom. The molecule has 0 heterocycles. The second-order valence-corrected chi connectivity index (χ2v) is 3.45. The van der Waals surface area contributed by atoms with Gasteiger partial charge in [-0.25, -0.2) is 0 Å². The normalized spacial score (nSPS) is 13.1. The number of aryl methyl sites for hydroxylation is 1. The average molecular weight is 191 g/mol. The Kier molecular flexibility index (Phi) is 3.72. The lowest BCUT2D eigenvalue weighted by Gasteiger charge is -2.05. The van der Waals surface area contributed by atoms with E-state index in [4.69, 9.17) is 10.5 Å². The highest BCUT2D eigenvalue weighted by atomic mass is 16.5. The maximum atomic E-state index is 5.62. The van der Waals surface area contributed by atoms with Gasteiger partial charge in [-0.15, -0.1) is 0 Å². The maximum Gasteiger partial charge on any atom is 0.122 e. The van der Waals surface area contributed by atoms with E-state index in [1.165, 1.54) is 0 Å². The van der Waals surface area contributed by atoms with Crippen molar-refractivity contribution in [1.29, 1.82) is 0 Å². The van der Waals surface area contributed by atoms with Gasteiger partial charge >= 0.3 is 0 Å². The van der Waals surface area contributed by atoms with Gasteiger partial charge < -0.3 is 10.5 Å². The van der Waals surface area contributed by atoms with Crippen molar-refractivity contribution in [3.63, 3.8) is 0 Å². The molecule has 0 aliphatic heterocycles. The lowest BCUT2D eigenvalue weighted by atomic mass is 10.1. The van der Waals surface area contributed by atoms with E-state index in [1.807, 2.05) is 38.1 Å². The molecule has 0 fully saturated rings. The van der Waals surface area contributed by atoms with Crippen molar-refractivity contribution >= 4 is 6.08 Å². The topological polar surface area (TPSA) is 35.2 Å². The highest BCUT2D eigenvalue weighted by molar-refractivity contribution is 5.54. The summed E-state index contributed by atoms with van der Waals surface area (Å²) in [5, 5.41) is 0. The van der Waals surface area contributed by atoms with Crippen LogP contribution in [-0.2, 0) is 0 Å². The van der Waals surface area contributed by atoms with E-state index >= 15 is 0 Å². The van der Waals surface area contributed by atoms with Gasteiger partial charge in [-0.3, -0.25) is 0 Å². The zero-order valence-electron chi connectivity index (χ0n) is 8.95. The van der Waals surface area contributed by atoms with Gasteiger partial charge in [-0.1, -0.05) is 24.3 Å². The van der Waals surface area contributed by atoms with Crippen LogP contribution in [0.5, 0.6) is 5.75 Å². The molecule has 14 heavy (non-hydrogen) atoms. The second-order valence-electron chi connectivity index (χ2n) is 3.45. The van der Waals surface area contributed by atoms with Crippen molar-refractivity contribution in [1.82, 2.24) is 0 Å². The molecule has 76 valence electrons. The standard InChI is InChI=1S/C12H17NO/c1-9-4-6-11(7-5-10(2)13)8-12(9)14-3/h4-8,10H,13H2,1-3H3/b7-5+. The summed E-state index contributed by atoms with van der Waals surface area (Å²) in [6.07, 6.45) is 3.97. The first kappa shape index (κ1) is 10.8. The molecule has 0 aliphatic rings. The van der Waals surface area contributed by atoms with Crippen LogP contribution >= 0.6 is 0 Å². The Hall–Kier alpha value is -1.28. The van der Waals surface area contributed by atoms with Gasteiger partial charge in [0, 0.05) is 6.04 Å². The van der Waals surface area contributed by atoms with Gasteiger partial charge in [-0.2, -0.15) is 0 Å². The minimum Gasteiger partial charge on any atom is -0.496 e. The first-order chi connectivity index (χ1) is 6.63. The number of rotatable bonds is 3. The lowest BCUT2D eigenvalue weighted by Crippen LogP contribution is -2.09. The lowest BCUT2D eigenvalue weighted by molar-refractivity contribution is 0.411. The van der Waals surface area contributed by atoms with Crippen LogP contribution in [0.1, 0.15) is 18.1 Å². The predicted molar refractivity (Wildman–Crippen MR) is 60.4 cm³/mol. The molecule has 0 saturated heterocycles. The monoisotopic (exact) mass is 191 g/mol. The Morgan fingerprint density at radius 1 is 1.43 bits per heavy atom. The quantitative estimate of drug-likeness (QED) is 0.796. The average Bonchev–Trinajstić information content (AvgIpc) is 2.16. The number of benzene rings is 1. The van der Waals surface area contributed by atoms with E-state index in [1.54, 1.807) is 7.11 Å². The molecule has 1 aromatic carbocycles. The molecule has 0 amide bonds. The fourth-order valence-electron chi connectivity index (χ4n) is 1.20. The highest BCUT2D eigenvalue weighted by Gasteiger charge is 1.97. The van der Waals surface area contributed by atoms with Crippen molar-refractivity contribution in [2.45, 2.75) is 19.9 Å². The van der Waals surface area contributed by atoms with E-state index in [2.05, 4.69) is 6.07 Å². The SMILES string of the molecule is COc1cc(/C=C/C(C)N)ccc1C. The minimum absolute atomic E-state index is 0.0855. The molecule has 2 heteroatoms. The Morgan fingerprint density at radius 3 is 2.71 bits per heavy atom. The smallest absolute Gasteiger partial charge is 0.122 e. The molecule has 1 unspecified atom stereocenters. The Bertz CT molecular complexity index is 329. The molecule has 0 bridgehead atoms. The van der Waals surface area contributed by atoms with Crippen LogP contribution < -0.4 is 10.5 Å². The summed E-state index contributed by atoms with van der Waals surface area (Å²) in [6, 6.07) is 6.19. The molecule has 2 N–H and O–H groups in total. The van der Waals surface area contributed by atoms with E-state index < -0.39 is 0 Å². The van der Waals surface area contributed by atoms with Crippen molar-refractivity contribution in [2.24, 2.45) is 5.73 Å². The Balaban J connectivity index is 2.89. The Labute approximate surface area is 85.4 Å². The minimum atomic E-state index is 0.0855. The molecule has 0 spiro atoms. The van der Waals surface area contributed by atoms with Gasteiger partial charge in [0.2, 0.25) is 0 Å². The van der Waals surface area contributed by atoms with Crippen LogP contribution in [0, 0.1) is 6.92 Å². The highest BCUT2D eigenvalue weighted by Crippen LogP contribution is 2.19. The molecule has 1 aromatic rings. The molecule has 1 rings (SSSR count). The molecule has 1 atom stereocenters. The van der Waals surface area contributed by atoms with Crippen molar-refractivity contribution in [2.75, 3.05) is 7.11 Å². The number of hydrogen-bond acceptors (Lipinski definition) is 2. The van der Waals surface area contributed by atoms with Crippen molar-refractivity contribution in [3.05, 3.63) is 35.4 Å². The molecule has 0 saturated carbocycles. The fraction of sp³-hybridized carbons (Fsp3) is 0.333. The van der Waals surface area contributed by atoms with Crippen LogP contribution in [0.4, 0.5) is 0 Å². The summed E-state index contributed by atoms with van der Waals surface area (Å²) in [6.45, 7) is 3.97. The number of methoxy groups -OCH3 is 1. The molecule has 2 nitrogen and oxygen atoms in total. The van der Waals surface area contributed by atoms with Crippen molar-refractivity contribution < 1.29 is 4.74 Å². The van der Waals surface area contributed by atoms with Gasteiger partial charge in [0.1, 0.15) is 5.75 Å². The van der Waals surface area contributed by atoms with Gasteiger partial charge in [0.25, 0.3) is 0 Å². The summed E-state index contributed by atoms with van der Waals surface area (Å²) < 4.78 is 5.23. The third-order valence-electron chi connectivity index (χ3n) is 2.02.